The molecule has 20 heavy (non-hydrogen) atoms. The van der Waals surface area contributed by atoms with Gasteiger partial charge in [0.2, 0.25) is 10.0 Å². The first kappa shape index (κ1) is 14.5. The minimum atomic E-state index is -3.61. The van der Waals surface area contributed by atoms with Gasteiger partial charge in [0.05, 0.1) is 0 Å². The zero-order valence-corrected chi connectivity index (χ0v) is 12.3. The zero-order valence-electron chi connectivity index (χ0n) is 11.5. The second-order valence-corrected chi connectivity index (χ2v) is 6.36. The van der Waals surface area contributed by atoms with Crippen LogP contribution in [-0.2, 0) is 23.5 Å². The molecule has 2 aromatic rings. The highest BCUT2D eigenvalue weighted by Crippen LogP contribution is 2.15. The SMILES string of the molecule is Cc1ccccc1CCNS(=O)(=O)c1cn(C)nc1N. The van der Waals surface area contributed by atoms with Gasteiger partial charge in [-0.2, -0.15) is 5.10 Å². The van der Waals surface area contributed by atoms with Crippen molar-refractivity contribution in [2.45, 2.75) is 18.2 Å². The van der Waals surface area contributed by atoms with E-state index in [-0.39, 0.29) is 10.7 Å². The number of aryl methyl sites for hydroxylation is 2. The van der Waals surface area contributed by atoms with E-state index in [0.717, 1.165) is 11.1 Å². The van der Waals surface area contributed by atoms with Gasteiger partial charge < -0.3 is 5.73 Å². The number of nitrogens with zero attached hydrogens (tertiary/aromatic N) is 2. The summed E-state index contributed by atoms with van der Waals surface area (Å²) in [5.74, 6) is 0.0101. The number of hydrogen-bond donors (Lipinski definition) is 2. The first-order chi connectivity index (χ1) is 9.40. The molecule has 1 aromatic heterocycles. The summed E-state index contributed by atoms with van der Waals surface area (Å²) in [6, 6.07) is 7.89. The lowest BCUT2D eigenvalue weighted by Crippen LogP contribution is -2.26. The molecule has 0 amide bonds. The molecule has 1 aromatic carbocycles. The number of rotatable bonds is 5. The van der Waals surface area contributed by atoms with Gasteiger partial charge in [-0.1, -0.05) is 24.3 Å². The molecule has 0 spiro atoms. The van der Waals surface area contributed by atoms with E-state index >= 15 is 0 Å². The predicted octanol–water partition coefficient (Wildman–Crippen LogP) is 0.832. The monoisotopic (exact) mass is 294 g/mol. The van der Waals surface area contributed by atoms with E-state index < -0.39 is 10.0 Å². The summed E-state index contributed by atoms with van der Waals surface area (Å²) in [6.07, 6.45) is 2.03. The van der Waals surface area contributed by atoms with Gasteiger partial charge in [-0.15, -0.1) is 0 Å². The second kappa shape index (κ2) is 5.64. The van der Waals surface area contributed by atoms with Gasteiger partial charge >= 0.3 is 0 Å². The summed E-state index contributed by atoms with van der Waals surface area (Å²) in [5, 5.41) is 3.83. The number of hydrogen-bond acceptors (Lipinski definition) is 4. The smallest absolute Gasteiger partial charge is 0.245 e. The Morgan fingerprint density at radius 1 is 1.35 bits per heavy atom. The fourth-order valence-corrected chi connectivity index (χ4v) is 3.11. The molecular weight excluding hydrogens is 276 g/mol. The van der Waals surface area contributed by atoms with E-state index in [0.29, 0.717) is 13.0 Å². The standard InChI is InChI=1S/C13H18N4O2S/c1-10-5-3-4-6-11(10)7-8-15-20(18,19)12-9-17(2)16-13(12)14/h3-6,9,15H,7-8H2,1-2H3,(H2,14,16). The molecule has 0 bridgehead atoms. The molecule has 7 heteroatoms. The number of benzene rings is 1. The lowest BCUT2D eigenvalue weighted by Gasteiger charge is -2.07. The third-order valence-corrected chi connectivity index (χ3v) is 4.54. The first-order valence-electron chi connectivity index (χ1n) is 6.23. The van der Waals surface area contributed by atoms with E-state index in [9.17, 15) is 8.42 Å². The van der Waals surface area contributed by atoms with E-state index in [4.69, 9.17) is 5.73 Å². The van der Waals surface area contributed by atoms with Gasteiger partial charge in [0.25, 0.3) is 0 Å². The minimum absolute atomic E-state index is 0.0101. The lowest BCUT2D eigenvalue weighted by molar-refractivity contribution is 0.581. The third kappa shape index (κ3) is 3.17. The number of nitrogens with two attached hydrogens (primary N) is 1. The molecular formula is C13H18N4O2S. The van der Waals surface area contributed by atoms with Gasteiger partial charge in [0, 0.05) is 19.8 Å². The molecule has 0 fully saturated rings. The van der Waals surface area contributed by atoms with Crippen molar-refractivity contribution in [2.24, 2.45) is 7.05 Å². The molecule has 0 aliphatic heterocycles. The van der Waals surface area contributed by atoms with Gasteiger partial charge in [0.1, 0.15) is 4.90 Å². The summed E-state index contributed by atoms with van der Waals surface area (Å²) in [4.78, 5) is 0.0183. The second-order valence-electron chi connectivity index (χ2n) is 4.63. The maximum absolute atomic E-state index is 12.1. The predicted molar refractivity (Wildman–Crippen MR) is 77.7 cm³/mol. The van der Waals surface area contributed by atoms with Crippen LogP contribution in [0, 0.1) is 6.92 Å². The molecule has 108 valence electrons. The summed E-state index contributed by atoms with van der Waals surface area (Å²) in [5.41, 5.74) is 7.85. The van der Waals surface area contributed by atoms with Crippen LogP contribution in [0.25, 0.3) is 0 Å². The molecule has 3 N–H and O–H groups in total. The average molecular weight is 294 g/mol. The van der Waals surface area contributed by atoms with E-state index in [1.807, 2.05) is 31.2 Å². The highest BCUT2D eigenvalue weighted by molar-refractivity contribution is 7.89. The summed E-state index contributed by atoms with van der Waals surface area (Å²) < 4.78 is 28.1. The Kier molecular flexibility index (Phi) is 4.10. The highest BCUT2D eigenvalue weighted by Gasteiger charge is 2.19. The quantitative estimate of drug-likeness (QED) is 0.854. The molecule has 0 saturated heterocycles. The normalized spacial score (nSPS) is 11.7. The van der Waals surface area contributed by atoms with Crippen molar-refractivity contribution in [3.8, 4) is 0 Å². The van der Waals surface area contributed by atoms with E-state index in [1.54, 1.807) is 7.05 Å². The summed E-state index contributed by atoms with van der Waals surface area (Å²) in [7, 11) is -1.98. The average Bonchev–Trinajstić information content (AvgIpc) is 2.72. The van der Waals surface area contributed by atoms with Crippen LogP contribution in [0.5, 0.6) is 0 Å². The number of nitrogens with one attached hydrogen (secondary N) is 1. The molecule has 0 aliphatic carbocycles. The van der Waals surface area contributed by atoms with Crippen LogP contribution in [-0.4, -0.2) is 24.7 Å². The third-order valence-electron chi connectivity index (χ3n) is 3.06. The van der Waals surface area contributed by atoms with Gasteiger partial charge in [-0.25, -0.2) is 13.1 Å². The highest BCUT2D eigenvalue weighted by atomic mass is 32.2. The molecule has 1 heterocycles. The Labute approximate surface area is 118 Å². The van der Waals surface area contributed by atoms with Crippen LogP contribution in [0.15, 0.2) is 35.4 Å². The van der Waals surface area contributed by atoms with Gasteiger partial charge in [-0.05, 0) is 24.5 Å². The Bertz CT molecular complexity index is 707. The minimum Gasteiger partial charge on any atom is -0.381 e. The van der Waals surface area contributed by atoms with Crippen LogP contribution in [0.4, 0.5) is 5.82 Å². The van der Waals surface area contributed by atoms with E-state index in [2.05, 4.69) is 9.82 Å². The molecule has 6 nitrogen and oxygen atoms in total. The van der Waals surface area contributed by atoms with Crippen molar-refractivity contribution in [3.63, 3.8) is 0 Å². The zero-order chi connectivity index (χ0) is 14.8. The van der Waals surface area contributed by atoms with Crippen LogP contribution >= 0.6 is 0 Å². The number of nitrogen functional groups attached to an aromatic ring is 1. The largest absolute Gasteiger partial charge is 0.381 e. The van der Waals surface area contributed by atoms with Crippen molar-refractivity contribution < 1.29 is 8.42 Å². The first-order valence-corrected chi connectivity index (χ1v) is 7.72. The topological polar surface area (TPSA) is 90.0 Å². The van der Waals surface area contributed by atoms with Gasteiger partial charge in [0.15, 0.2) is 5.82 Å². The molecule has 0 radical (unpaired) electrons. The fourth-order valence-electron chi connectivity index (χ4n) is 1.98. The van der Waals surface area contributed by atoms with Crippen LogP contribution in [0.2, 0.25) is 0 Å². The Morgan fingerprint density at radius 2 is 2.05 bits per heavy atom. The Hall–Kier alpha value is -1.86. The van der Waals surface area contributed by atoms with Gasteiger partial charge in [-0.3, -0.25) is 4.68 Å². The molecule has 2 rings (SSSR count). The number of aromatic nitrogens is 2. The maximum atomic E-state index is 12.1. The van der Waals surface area contributed by atoms with Crippen LogP contribution in [0.3, 0.4) is 0 Å². The Morgan fingerprint density at radius 3 is 2.65 bits per heavy atom. The number of anilines is 1. The molecule has 0 unspecified atom stereocenters. The molecule has 0 atom stereocenters. The van der Waals surface area contributed by atoms with Crippen molar-refractivity contribution in [1.29, 1.82) is 0 Å². The van der Waals surface area contributed by atoms with Crippen molar-refractivity contribution in [3.05, 3.63) is 41.6 Å². The van der Waals surface area contributed by atoms with E-state index in [1.165, 1.54) is 10.9 Å². The number of sulfonamides is 1. The Balaban J connectivity index is 2.04. The maximum Gasteiger partial charge on any atom is 0.245 e. The van der Waals surface area contributed by atoms with Crippen LogP contribution in [0.1, 0.15) is 11.1 Å². The summed E-state index contributed by atoms with van der Waals surface area (Å²) >= 11 is 0. The summed E-state index contributed by atoms with van der Waals surface area (Å²) in [6.45, 7) is 2.32. The molecule has 0 saturated carbocycles. The van der Waals surface area contributed by atoms with Crippen molar-refractivity contribution >= 4 is 15.8 Å². The van der Waals surface area contributed by atoms with Crippen LogP contribution < -0.4 is 10.5 Å². The van der Waals surface area contributed by atoms with Crippen molar-refractivity contribution in [1.82, 2.24) is 14.5 Å². The fraction of sp³-hybridized carbons (Fsp3) is 0.308. The molecule has 0 aliphatic rings. The van der Waals surface area contributed by atoms with Crippen molar-refractivity contribution in [2.75, 3.05) is 12.3 Å². The lowest BCUT2D eigenvalue weighted by atomic mass is 10.1.